The van der Waals surface area contributed by atoms with Crippen LogP contribution in [0.15, 0.2) is 12.1 Å². The molecule has 0 heterocycles. The van der Waals surface area contributed by atoms with Crippen LogP contribution in [0.3, 0.4) is 0 Å². The zero-order chi connectivity index (χ0) is 23.7. The standard InChI is InChI=1S/C24H37NO5/c1-14-12-16(17(13-15(14)2)25-21(28)22(3,4)5)18(19(26)29-23(6,7)8)20(27)30-24(9,10)11/h12-13,18H,1-11H3,(H,25,28). The van der Waals surface area contributed by atoms with E-state index in [1.54, 1.807) is 74.4 Å². The maximum atomic E-state index is 13.1. The molecule has 0 saturated carbocycles. The molecule has 1 aromatic carbocycles. The summed E-state index contributed by atoms with van der Waals surface area (Å²) in [7, 11) is 0. The van der Waals surface area contributed by atoms with Gasteiger partial charge in [-0.1, -0.05) is 26.8 Å². The van der Waals surface area contributed by atoms with Crippen LogP contribution >= 0.6 is 0 Å². The highest BCUT2D eigenvalue weighted by atomic mass is 16.6. The SMILES string of the molecule is Cc1cc(NC(=O)C(C)(C)C)c(C(C(=O)OC(C)(C)C)C(=O)OC(C)(C)C)cc1C. The number of hydrogen-bond donors (Lipinski definition) is 1. The van der Waals surface area contributed by atoms with Gasteiger partial charge in [0, 0.05) is 16.7 Å². The summed E-state index contributed by atoms with van der Waals surface area (Å²) in [6.45, 7) is 19.6. The molecule has 0 aliphatic heterocycles. The Bertz CT molecular complexity index is 792. The number of carbonyl (C=O) groups is 3. The van der Waals surface area contributed by atoms with Crippen LogP contribution in [0, 0.1) is 19.3 Å². The lowest BCUT2D eigenvalue weighted by Gasteiger charge is -2.28. The van der Waals surface area contributed by atoms with E-state index in [0.29, 0.717) is 11.3 Å². The van der Waals surface area contributed by atoms with E-state index < -0.39 is 34.5 Å². The molecule has 0 saturated heterocycles. The maximum absolute atomic E-state index is 13.1. The zero-order valence-electron chi connectivity index (χ0n) is 20.3. The average Bonchev–Trinajstić information content (AvgIpc) is 2.47. The monoisotopic (exact) mass is 419 g/mol. The van der Waals surface area contributed by atoms with Gasteiger partial charge in [-0.05, 0) is 72.6 Å². The summed E-state index contributed by atoms with van der Waals surface area (Å²) in [5.74, 6) is -2.98. The Morgan fingerprint density at radius 3 is 1.53 bits per heavy atom. The number of nitrogens with one attached hydrogen (secondary N) is 1. The first-order valence-electron chi connectivity index (χ1n) is 10.2. The molecule has 1 rings (SSSR count). The largest absolute Gasteiger partial charge is 0.459 e. The molecule has 0 aliphatic carbocycles. The minimum atomic E-state index is -1.32. The van der Waals surface area contributed by atoms with E-state index in [0.717, 1.165) is 11.1 Å². The predicted molar refractivity (Wildman–Crippen MR) is 118 cm³/mol. The van der Waals surface area contributed by atoms with Crippen LogP contribution in [-0.4, -0.2) is 29.0 Å². The first-order valence-corrected chi connectivity index (χ1v) is 10.2. The van der Waals surface area contributed by atoms with Gasteiger partial charge in [-0.3, -0.25) is 14.4 Å². The van der Waals surface area contributed by atoms with E-state index in [9.17, 15) is 14.4 Å². The number of hydrogen-bond acceptors (Lipinski definition) is 5. The maximum Gasteiger partial charge on any atom is 0.325 e. The summed E-state index contributed by atoms with van der Waals surface area (Å²) in [4.78, 5) is 38.8. The second-order valence-electron chi connectivity index (χ2n) is 10.7. The first kappa shape index (κ1) is 25.7. The van der Waals surface area contributed by atoms with Gasteiger partial charge in [0.2, 0.25) is 5.91 Å². The van der Waals surface area contributed by atoms with Crippen LogP contribution in [0.2, 0.25) is 0 Å². The third-order valence-corrected chi connectivity index (χ3v) is 4.19. The summed E-state index contributed by atoms with van der Waals surface area (Å²) in [6, 6.07) is 3.52. The van der Waals surface area contributed by atoms with E-state index in [4.69, 9.17) is 9.47 Å². The summed E-state index contributed by atoms with van der Waals surface area (Å²) < 4.78 is 11.1. The molecular weight excluding hydrogens is 382 g/mol. The van der Waals surface area contributed by atoms with Crippen molar-refractivity contribution in [3.8, 4) is 0 Å². The Morgan fingerprint density at radius 2 is 1.17 bits per heavy atom. The molecule has 0 fully saturated rings. The lowest BCUT2D eigenvalue weighted by atomic mass is 9.91. The van der Waals surface area contributed by atoms with E-state index >= 15 is 0 Å². The average molecular weight is 420 g/mol. The molecule has 0 aromatic heterocycles. The van der Waals surface area contributed by atoms with Gasteiger partial charge in [0.15, 0.2) is 5.92 Å². The molecule has 30 heavy (non-hydrogen) atoms. The van der Waals surface area contributed by atoms with Crippen molar-refractivity contribution in [2.24, 2.45) is 5.41 Å². The van der Waals surface area contributed by atoms with Gasteiger partial charge in [-0.2, -0.15) is 0 Å². The third kappa shape index (κ3) is 7.47. The molecule has 0 unspecified atom stereocenters. The van der Waals surface area contributed by atoms with Gasteiger partial charge in [0.1, 0.15) is 11.2 Å². The molecule has 6 heteroatoms. The predicted octanol–water partition coefficient (Wildman–Crippen LogP) is 5.06. The van der Waals surface area contributed by atoms with Crippen LogP contribution in [0.5, 0.6) is 0 Å². The molecule has 1 amide bonds. The normalized spacial score (nSPS) is 12.5. The molecule has 1 aromatic rings. The zero-order valence-corrected chi connectivity index (χ0v) is 20.3. The summed E-state index contributed by atoms with van der Waals surface area (Å²) in [5, 5.41) is 2.88. The molecule has 1 N–H and O–H groups in total. The van der Waals surface area contributed by atoms with Crippen molar-refractivity contribution in [3.63, 3.8) is 0 Å². The summed E-state index contributed by atoms with van der Waals surface area (Å²) in [5.41, 5.74) is 0.353. The van der Waals surface area contributed by atoms with Gasteiger partial charge in [-0.15, -0.1) is 0 Å². The molecule has 0 aliphatic rings. The fraction of sp³-hybridized carbons (Fsp3) is 0.625. The van der Waals surface area contributed by atoms with Gasteiger partial charge in [0.25, 0.3) is 0 Å². The van der Waals surface area contributed by atoms with Gasteiger partial charge in [-0.25, -0.2) is 0 Å². The van der Waals surface area contributed by atoms with Crippen molar-refractivity contribution in [1.29, 1.82) is 0 Å². The highest BCUT2D eigenvalue weighted by Crippen LogP contribution is 2.33. The van der Waals surface area contributed by atoms with Crippen molar-refractivity contribution < 1.29 is 23.9 Å². The van der Waals surface area contributed by atoms with Crippen molar-refractivity contribution in [2.45, 2.75) is 93.3 Å². The number of aryl methyl sites for hydroxylation is 2. The minimum Gasteiger partial charge on any atom is -0.459 e. The number of ether oxygens (including phenoxy) is 2. The second-order valence-corrected chi connectivity index (χ2v) is 10.7. The fourth-order valence-electron chi connectivity index (χ4n) is 2.57. The van der Waals surface area contributed by atoms with Crippen molar-refractivity contribution in [3.05, 3.63) is 28.8 Å². The Hall–Kier alpha value is -2.37. The van der Waals surface area contributed by atoms with Gasteiger partial charge >= 0.3 is 11.9 Å². The first-order chi connectivity index (χ1) is 13.3. The van der Waals surface area contributed by atoms with Crippen LogP contribution in [0.25, 0.3) is 0 Å². The quantitative estimate of drug-likeness (QED) is 0.545. The van der Waals surface area contributed by atoms with Crippen LogP contribution < -0.4 is 5.32 Å². The van der Waals surface area contributed by atoms with Gasteiger partial charge in [0.05, 0.1) is 0 Å². The van der Waals surface area contributed by atoms with Crippen LogP contribution in [0.4, 0.5) is 5.69 Å². The number of rotatable bonds is 4. The summed E-state index contributed by atoms with van der Waals surface area (Å²) in [6.07, 6.45) is 0. The second kappa shape index (κ2) is 8.78. The lowest BCUT2D eigenvalue weighted by molar-refractivity contribution is -0.169. The molecule has 168 valence electrons. The topological polar surface area (TPSA) is 81.7 Å². The Morgan fingerprint density at radius 1 is 0.767 bits per heavy atom. The van der Waals surface area contributed by atoms with Crippen LogP contribution in [0.1, 0.15) is 84.9 Å². The van der Waals surface area contributed by atoms with E-state index in [1.165, 1.54) is 0 Å². The van der Waals surface area contributed by atoms with Crippen molar-refractivity contribution >= 4 is 23.5 Å². The van der Waals surface area contributed by atoms with Crippen LogP contribution in [-0.2, 0) is 23.9 Å². The highest BCUT2D eigenvalue weighted by Gasteiger charge is 2.38. The number of amides is 1. The van der Waals surface area contributed by atoms with Gasteiger partial charge < -0.3 is 14.8 Å². The number of anilines is 1. The van der Waals surface area contributed by atoms with E-state index in [2.05, 4.69) is 5.32 Å². The molecular formula is C24H37NO5. The molecule has 0 atom stereocenters. The number of benzene rings is 1. The molecule has 6 nitrogen and oxygen atoms in total. The number of carbonyl (C=O) groups excluding carboxylic acids is 3. The highest BCUT2D eigenvalue weighted by molar-refractivity contribution is 6.04. The van der Waals surface area contributed by atoms with E-state index in [1.807, 2.05) is 13.8 Å². The van der Waals surface area contributed by atoms with Crippen molar-refractivity contribution in [2.75, 3.05) is 5.32 Å². The molecule has 0 spiro atoms. The summed E-state index contributed by atoms with van der Waals surface area (Å²) >= 11 is 0. The molecule has 0 radical (unpaired) electrons. The van der Waals surface area contributed by atoms with E-state index in [-0.39, 0.29) is 5.91 Å². The minimum absolute atomic E-state index is 0.223. The number of esters is 2. The lowest BCUT2D eigenvalue weighted by Crippen LogP contribution is -2.36. The smallest absolute Gasteiger partial charge is 0.325 e. The Balaban J connectivity index is 3.61. The van der Waals surface area contributed by atoms with Crippen molar-refractivity contribution in [1.82, 2.24) is 0 Å². The fourth-order valence-corrected chi connectivity index (χ4v) is 2.57. The Kier molecular flexibility index (Phi) is 7.51. The molecule has 0 bridgehead atoms. The Labute approximate surface area is 180 Å². The third-order valence-electron chi connectivity index (χ3n) is 4.19.